The van der Waals surface area contributed by atoms with Crippen molar-refractivity contribution in [3.8, 4) is 5.75 Å². The molecule has 0 spiro atoms. The van der Waals surface area contributed by atoms with Crippen LogP contribution in [0.25, 0.3) is 0 Å². The molecule has 6 heteroatoms. The number of nitrogens with zero attached hydrogens (tertiary/aromatic N) is 3. The zero-order valence-corrected chi connectivity index (χ0v) is 18.1. The summed E-state index contributed by atoms with van der Waals surface area (Å²) in [6, 6.07) is 8.27. The van der Waals surface area contributed by atoms with Crippen molar-refractivity contribution in [1.29, 1.82) is 0 Å². The zero-order chi connectivity index (χ0) is 20.3. The molecule has 1 aromatic rings. The largest absolute Gasteiger partial charge is 0.491 e. The van der Waals surface area contributed by atoms with Crippen molar-refractivity contribution in [1.82, 2.24) is 14.7 Å². The predicted molar refractivity (Wildman–Crippen MR) is 116 cm³/mol. The monoisotopic (exact) mass is 405 g/mol. The van der Waals surface area contributed by atoms with Crippen LogP contribution in [0.15, 0.2) is 24.3 Å². The molecule has 0 saturated carbocycles. The number of aliphatic hydroxyl groups is 1. The van der Waals surface area contributed by atoms with Crippen molar-refractivity contribution in [3.63, 3.8) is 0 Å². The summed E-state index contributed by atoms with van der Waals surface area (Å²) < 4.78 is 11.3. The molecule has 2 aliphatic heterocycles. The zero-order valence-electron chi connectivity index (χ0n) is 18.1. The van der Waals surface area contributed by atoms with Gasteiger partial charge in [-0.15, -0.1) is 0 Å². The lowest BCUT2D eigenvalue weighted by molar-refractivity contribution is 0.0342. The molecule has 0 radical (unpaired) electrons. The van der Waals surface area contributed by atoms with Crippen LogP contribution in [0.3, 0.4) is 0 Å². The average molecular weight is 406 g/mol. The van der Waals surface area contributed by atoms with E-state index in [1.807, 2.05) is 12.1 Å². The molecule has 0 amide bonds. The molecule has 2 fully saturated rings. The van der Waals surface area contributed by atoms with Gasteiger partial charge >= 0.3 is 0 Å². The fourth-order valence-electron chi connectivity index (χ4n) is 4.12. The van der Waals surface area contributed by atoms with Gasteiger partial charge in [0.2, 0.25) is 0 Å². The van der Waals surface area contributed by atoms with Gasteiger partial charge in [-0.3, -0.25) is 4.90 Å². The number of ether oxygens (including phenoxy) is 2. The van der Waals surface area contributed by atoms with Gasteiger partial charge in [0.1, 0.15) is 18.5 Å². The SMILES string of the molecule is CN(CCN1CCOCC1)Cc1cccc(OCC(O)CN2CCCCCC2)c1. The lowest BCUT2D eigenvalue weighted by atomic mass is 10.2. The normalized spacial score (nSPS) is 20.5. The average Bonchev–Trinajstić information content (AvgIpc) is 3.00. The molecule has 3 rings (SSSR count). The molecular formula is C23H39N3O3. The Morgan fingerprint density at radius 3 is 2.59 bits per heavy atom. The summed E-state index contributed by atoms with van der Waals surface area (Å²) in [5, 5.41) is 10.4. The van der Waals surface area contributed by atoms with E-state index in [4.69, 9.17) is 9.47 Å². The van der Waals surface area contributed by atoms with Crippen LogP contribution in [0.5, 0.6) is 5.75 Å². The first kappa shape index (κ1) is 22.5. The van der Waals surface area contributed by atoms with Crippen LogP contribution < -0.4 is 4.74 Å². The van der Waals surface area contributed by atoms with E-state index in [1.165, 1.54) is 31.2 Å². The first-order valence-electron chi connectivity index (χ1n) is 11.3. The maximum absolute atomic E-state index is 10.4. The number of hydrogen-bond donors (Lipinski definition) is 1. The number of rotatable bonds is 10. The van der Waals surface area contributed by atoms with Crippen LogP contribution in [0.4, 0.5) is 0 Å². The highest BCUT2D eigenvalue weighted by Crippen LogP contribution is 2.16. The molecule has 0 aliphatic carbocycles. The Balaban J connectivity index is 1.37. The Labute approximate surface area is 176 Å². The van der Waals surface area contributed by atoms with Crippen LogP contribution in [0.2, 0.25) is 0 Å². The van der Waals surface area contributed by atoms with Gasteiger partial charge in [-0.1, -0.05) is 25.0 Å². The van der Waals surface area contributed by atoms with Crippen molar-refractivity contribution < 1.29 is 14.6 Å². The Hall–Kier alpha value is -1.18. The van der Waals surface area contributed by atoms with Gasteiger partial charge in [-0.2, -0.15) is 0 Å². The summed E-state index contributed by atoms with van der Waals surface area (Å²) in [6.45, 7) is 10.1. The summed E-state index contributed by atoms with van der Waals surface area (Å²) in [5.74, 6) is 0.846. The summed E-state index contributed by atoms with van der Waals surface area (Å²) in [6.07, 6.45) is 4.68. The van der Waals surface area contributed by atoms with Gasteiger partial charge in [0.15, 0.2) is 0 Å². The molecule has 1 aromatic carbocycles. The number of morpholine rings is 1. The van der Waals surface area contributed by atoms with E-state index in [-0.39, 0.29) is 0 Å². The third-order valence-electron chi connectivity index (χ3n) is 5.86. The lowest BCUT2D eigenvalue weighted by Gasteiger charge is -2.28. The van der Waals surface area contributed by atoms with Gasteiger partial charge in [0.05, 0.1) is 13.2 Å². The molecule has 0 aromatic heterocycles. The minimum absolute atomic E-state index is 0.354. The standard InChI is InChI=1S/C23H39N3O3/c1-24(11-12-25-13-15-28-16-14-25)18-21-7-6-8-23(17-21)29-20-22(27)19-26-9-4-2-3-5-10-26/h6-8,17,22,27H,2-5,9-16,18-20H2,1H3. The summed E-state index contributed by atoms with van der Waals surface area (Å²) in [4.78, 5) is 7.19. The van der Waals surface area contributed by atoms with E-state index >= 15 is 0 Å². The molecule has 2 heterocycles. The molecule has 6 nitrogen and oxygen atoms in total. The highest BCUT2D eigenvalue weighted by molar-refractivity contribution is 5.28. The molecule has 29 heavy (non-hydrogen) atoms. The molecule has 0 bridgehead atoms. The first-order valence-corrected chi connectivity index (χ1v) is 11.3. The highest BCUT2D eigenvalue weighted by atomic mass is 16.5. The van der Waals surface area contributed by atoms with Crippen molar-refractivity contribution in [2.45, 2.75) is 38.3 Å². The van der Waals surface area contributed by atoms with E-state index < -0.39 is 6.10 Å². The number of aliphatic hydroxyl groups excluding tert-OH is 1. The molecule has 2 aliphatic rings. The molecule has 164 valence electrons. The molecule has 1 unspecified atom stereocenters. The van der Waals surface area contributed by atoms with Crippen molar-refractivity contribution in [2.24, 2.45) is 0 Å². The fourth-order valence-corrected chi connectivity index (χ4v) is 4.12. The van der Waals surface area contributed by atoms with Crippen LogP contribution in [0, 0.1) is 0 Å². The van der Waals surface area contributed by atoms with E-state index in [0.29, 0.717) is 13.2 Å². The van der Waals surface area contributed by atoms with Crippen LogP contribution in [-0.4, -0.2) is 98.6 Å². The van der Waals surface area contributed by atoms with Crippen LogP contribution in [0.1, 0.15) is 31.2 Å². The quantitative estimate of drug-likeness (QED) is 0.643. The highest BCUT2D eigenvalue weighted by Gasteiger charge is 2.15. The smallest absolute Gasteiger partial charge is 0.119 e. The van der Waals surface area contributed by atoms with Crippen molar-refractivity contribution in [3.05, 3.63) is 29.8 Å². The number of hydrogen-bond acceptors (Lipinski definition) is 6. The Kier molecular flexibility index (Phi) is 9.70. The number of likely N-dealkylation sites (N-methyl/N-ethyl adjacent to an activating group) is 1. The molecule has 2 saturated heterocycles. The van der Waals surface area contributed by atoms with Crippen molar-refractivity contribution >= 4 is 0 Å². The van der Waals surface area contributed by atoms with Gasteiger partial charge in [-0.25, -0.2) is 0 Å². The summed E-state index contributed by atoms with van der Waals surface area (Å²) in [5.41, 5.74) is 1.24. The number of β-amino-alcohol motifs (C(OH)–C–C–N with tert-alkyl or cyclic N) is 1. The predicted octanol–water partition coefficient (Wildman–Crippen LogP) is 2.07. The molecule has 1 N–H and O–H groups in total. The van der Waals surface area contributed by atoms with Gasteiger partial charge in [-0.05, 0) is 50.7 Å². The fraction of sp³-hybridized carbons (Fsp3) is 0.739. The van der Waals surface area contributed by atoms with E-state index in [1.54, 1.807) is 0 Å². The third kappa shape index (κ3) is 8.60. The van der Waals surface area contributed by atoms with Crippen LogP contribution in [-0.2, 0) is 11.3 Å². The topological polar surface area (TPSA) is 48.4 Å². The molecular weight excluding hydrogens is 366 g/mol. The Morgan fingerprint density at radius 2 is 1.83 bits per heavy atom. The summed E-state index contributed by atoms with van der Waals surface area (Å²) in [7, 11) is 2.17. The summed E-state index contributed by atoms with van der Waals surface area (Å²) >= 11 is 0. The minimum atomic E-state index is -0.437. The van der Waals surface area contributed by atoms with E-state index in [2.05, 4.69) is 33.9 Å². The second kappa shape index (κ2) is 12.5. The third-order valence-corrected chi connectivity index (χ3v) is 5.86. The minimum Gasteiger partial charge on any atom is -0.491 e. The van der Waals surface area contributed by atoms with Crippen LogP contribution >= 0.6 is 0 Å². The van der Waals surface area contributed by atoms with Gasteiger partial charge in [0.25, 0.3) is 0 Å². The maximum Gasteiger partial charge on any atom is 0.119 e. The Bertz CT molecular complexity index is 572. The van der Waals surface area contributed by atoms with Crippen molar-refractivity contribution in [2.75, 3.05) is 72.7 Å². The van der Waals surface area contributed by atoms with Gasteiger partial charge < -0.3 is 24.4 Å². The van der Waals surface area contributed by atoms with E-state index in [9.17, 15) is 5.11 Å². The second-order valence-corrected chi connectivity index (χ2v) is 8.52. The first-order chi connectivity index (χ1) is 14.2. The number of likely N-dealkylation sites (tertiary alicyclic amines) is 1. The molecule has 1 atom stereocenters. The maximum atomic E-state index is 10.4. The Morgan fingerprint density at radius 1 is 1.07 bits per heavy atom. The van der Waals surface area contributed by atoms with Gasteiger partial charge in [0, 0.05) is 39.3 Å². The number of benzene rings is 1. The lowest BCUT2D eigenvalue weighted by Crippen LogP contribution is -2.40. The van der Waals surface area contributed by atoms with E-state index in [0.717, 1.165) is 64.8 Å². The second-order valence-electron chi connectivity index (χ2n) is 8.52.